The number of piperidine rings is 1. The van der Waals surface area contributed by atoms with Gasteiger partial charge in [-0.1, -0.05) is 49.1 Å². The first-order valence-electron chi connectivity index (χ1n) is 11.7. The van der Waals surface area contributed by atoms with Gasteiger partial charge in [-0.05, 0) is 56.0 Å². The lowest BCUT2D eigenvalue weighted by Gasteiger charge is -2.36. The Bertz CT molecular complexity index is 950. The highest BCUT2D eigenvalue weighted by Crippen LogP contribution is 2.28. The molecule has 4 rings (SSSR count). The molecule has 1 saturated heterocycles. The number of anilines is 1. The maximum absolute atomic E-state index is 13.3. The van der Waals surface area contributed by atoms with Gasteiger partial charge in [-0.25, -0.2) is 0 Å². The molecule has 1 heterocycles. The first kappa shape index (κ1) is 22.7. The largest absolute Gasteiger partial charge is 0.371 e. The van der Waals surface area contributed by atoms with Crippen LogP contribution >= 0.6 is 11.6 Å². The van der Waals surface area contributed by atoms with Gasteiger partial charge in [0.2, 0.25) is 0 Å². The number of amides is 2. The molecule has 1 saturated carbocycles. The van der Waals surface area contributed by atoms with Gasteiger partial charge in [0.05, 0.1) is 5.56 Å². The summed E-state index contributed by atoms with van der Waals surface area (Å²) in [6.07, 6.45) is 7.57. The molecule has 0 aromatic heterocycles. The monoisotopic (exact) mass is 453 g/mol. The zero-order valence-corrected chi connectivity index (χ0v) is 19.5. The van der Waals surface area contributed by atoms with E-state index < -0.39 is 0 Å². The van der Waals surface area contributed by atoms with E-state index in [9.17, 15) is 9.59 Å². The van der Waals surface area contributed by atoms with Crippen molar-refractivity contribution < 1.29 is 9.59 Å². The van der Waals surface area contributed by atoms with Crippen LogP contribution in [0.1, 0.15) is 65.7 Å². The van der Waals surface area contributed by atoms with Gasteiger partial charge in [-0.15, -0.1) is 0 Å². The van der Waals surface area contributed by atoms with Crippen LogP contribution in [0.4, 0.5) is 5.69 Å². The minimum absolute atomic E-state index is 0.0874. The summed E-state index contributed by atoms with van der Waals surface area (Å²) < 4.78 is 0. The number of carbonyl (C=O) groups is 2. The van der Waals surface area contributed by atoms with Crippen LogP contribution in [-0.4, -0.2) is 48.9 Å². The number of nitrogens with one attached hydrogen (secondary N) is 1. The Kier molecular flexibility index (Phi) is 7.36. The minimum Gasteiger partial charge on any atom is -0.371 e. The van der Waals surface area contributed by atoms with Crippen molar-refractivity contribution in [1.82, 2.24) is 10.2 Å². The second-order valence-corrected chi connectivity index (χ2v) is 9.41. The Balaban J connectivity index is 1.38. The summed E-state index contributed by atoms with van der Waals surface area (Å²) in [4.78, 5) is 30.1. The number of para-hydroxylation sites is 1. The molecule has 2 aliphatic rings. The Hall–Kier alpha value is -2.53. The maximum Gasteiger partial charge on any atom is 0.255 e. The Morgan fingerprint density at radius 3 is 2.41 bits per heavy atom. The van der Waals surface area contributed by atoms with Crippen LogP contribution in [0.15, 0.2) is 48.5 Å². The maximum atomic E-state index is 13.3. The van der Waals surface area contributed by atoms with E-state index >= 15 is 0 Å². The Morgan fingerprint density at radius 1 is 0.969 bits per heavy atom. The molecule has 2 fully saturated rings. The fourth-order valence-electron chi connectivity index (χ4n) is 4.92. The topological polar surface area (TPSA) is 52.7 Å². The van der Waals surface area contributed by atoms with E-state index in [4.69, 9.17) is 11.6 Å². The average Bonchev–Trinajstić information content (AvgIpc) is 2.84. The van der Waals surface area contributed by atoms with Crippen LogP contribution in [0, 0.1) is 0 Å². The molecular formula is C26H32ClN3O2. The highest BCUT2D eigenvalue weighted by Gasteiger charge is 2.28. The number of rotatable bonds is 5. The van der Waals surface area contributed by atoms with E-state index in [1.807, 2.05) is 36.2 Å². The van der Waals surface area contributed by atoms with E-state index in [0.29, 0.717) is 16.6 Å². The van der Waals surface area contributed by atoms with Crippen molar-refractivity contribution in [2.75, 3.05) is 25.0 Å². The number of nitrogens with zero attached hydrogens (tertiary/aromatic N) is 2. The van der Waals surface area contributed by atoms with Crippen molar-refractivity contribution in [2.24, 2.45) is 0 Å². The van der Waals surface area contributed by atoms with E-state index in [1.54, 1.807) is 24.3 Å². The smallest absolute Gasteiger partial charge is 0.255 e. The SMILES string of the molecule is CN(C(=O)c1ccccc1N1CCC(NC(=O)c2cccc(Cl)c2)CC1)C1CCCCC1. The van der Waals surface area contributed by atoms with Gasteiger partial charge in [-0.3, -0.25) is 9.59 Å². The second kappa shape index (κ2) is 10.4. The van der Waals surface area contributed by atoms with Gasteiger partial charge in [0, 0.05) is 48.5 Å². The van der Waals surface area contributed by atoms with Crippen LogP contribution < -0.4 is 10.2 Å². The van der Waals surface area contributed by atoms with E-state index in [-0.39, 0.29) is 17.9 Å². The quantitative estimate of drug-likeness (QED) is 0.681. The third-order valence-electron chi connectivity index (χ3n) is 6.83. The normalized spacial score (nSPS) is 17.8. The van der Waals surface area contributed by atoms with Crippen molar-refractivity contribution in [3.63, 3.8) is 0 Å². The summed E-state index contributed by atoms with van der Waals surface area (Å²) in [5.41, 5.74) is 2.36. The molecule has 170 valence electrons. The van der Waals surface area contributed by atoms with Gasteiger partial charge >= 0.3 is 0 Å². The lowest BCUT2D eigenvalue weighted by Crippen LogP contribution is -2.45. The number of hydrogen-bond donors (Lipinski definition) is 1. The van der Waals surface area contributed by atoms with Gasteiger partial charge < -0.3 is 15.1 Å². The second-order valence-electron chi connectivity index (χ2n) is 8.97. The summed E-state index contributed by atoms with van der Waals surface area (Å²) in [6, 6.07) is 15.4. The lowest BCUT2D eigenvalue weighted by atomic mass is 9.94. The molecule has 0 unspecified atom stereocenters. The fourth-order valence-corrected chi connectivity index (χ4v) is 5.11. The fraction of sp³-hybridized carbons (Fsp3) is 0.462. The van der Waals surface area contributed by atoms with Crippen LogP contribution in [0.3, 0.4) is 0 Å². The molecule has 1 aliphatic heterocycles. The molecule has 2 amide bonds. The number of benzene rings is 2. The summed E-state index contributed by atoms with van der Waals surface area (Å²) in [5.74, 6) is 0.0273. The van der Waals surface area contributed by atoms with Crippen LogP contribution in [0.2, 0.25) is 5.02 Å². The molecule has 2 aromatic rings. The molecule has 5 nitrogen and oxygen atoms in total. The predicted octanol–water partition coefficient (Wildman–Crippen LogP) is 5.14. The van der Waals surface area contributed by atoms with Gasteiger partial charge in [0.25, 0.3) is 11.8 Å². The van der Waals surface area contributed by atoms with Crippen LogP contribution in [0.25, 0.3) is 0 Å². The Morgan fingerprint density at radius 2 is 1.69 bits per heavy atom. The highest BCUT2D eigenvalue weighted by molar-refractivity contribution is 6.30. The third-order valence-corrected chi connectivity index (χ3v) is 7.07. The van der Waals surface area contributed by atoms with Gasteiger partial charge in [0.1, 0.15) is 0 Å². The van der Waals surface area contributed by atoms with E-state index in [2.05, 4.69) is 10.2 Å². The van der Waals surface area contributed by atoms with E-state index in [0.717, 1.165) is 50.0 Å². The molecule has 6 heteroatoms. The molecule has 0 radical (unpaired) electrons. The third kappa shape index (κ3) is 5.26. The van der Waals surface area contributed by atoms with Crippen molar-refractivity contribution in [2.45, 2.75) is 57.0 Å². The lowest BCUT2D eigenvalue weighted by molar-refractivity contribution is 0.0696. The molecular weight excluding hydrogens is 422 g/mol. The predicted molar refractivity (Wildman–Crippen MR) is 130 cm³/mol. The first-order valence-corrected chi connectivity index (χ1v) is 12.1. The zero-order valence-electron chi connectivity index (χ0n) is 18.7. The molecule has 0 bridgehead atoms. The van der Waals surface area contributed by atoms with Crippen molar-refractivity contribution in [3.8, 4) is 0 Å². The summed E-state index contributed by atoms with van der Waals surface area (Å²) in [5, 5.41) is 3.70. The van der Waals surface area contributed by atoms with Crippen molar-refractivity contribution in [1.29, 1.82) is 0 Å². The highest BCUT2D eigenvalue weighted by atomic mass is 35.5. The van der Waals surface area contributed by atoms with Crippen molar-refractivity contribution >= 4 is 29.1 Å². The molecule has 32 heavy (non-hydrogen) atoms. The summed E-state index contributed by atoms with van der Waals surface area (Å²) >= 11 is 6.01. The van der Waals surface area contributed by atoms with Crippen molar-refractivity contribution in [3.05, 3.63) is 64.7 Å². The van der Waals surface area contributed by atoms with E-state index in [1.165, 1.54) is 19.3 Å². The number of carbonyl (C=O) groups excluding carboxylic acids is 2. The first-order chi connectivity index (χ1) is 15.5. The van der Waals surface area contributed by atoms with Crippen LogP contribution in [0.5, 0.6) is 0 Å². The number of halogens is 1. The minimum atomic E-state index is -0.0874. The molecule has 2 aromatic carbocycles. The van der Waals surface area contributed by atoms with Crippen LogP contribution in [-0.2, 0) is 0 Å². The summed E-state index contributed by atoms with van der Waals surface area (Å²) in [7, 11) is 1.95. The molecule has 1 aliphatic carbocycles. The zero-order chi connectivity index (χ0) is 22.5. The standard InChI is InChI=1S/C26H32ClN3O2/c1-29(22-10-3-2-4-11-22)26(32)23-12-5-6-13-24(23)30-16-14-21(15-17-30)28-25(31)19-8-7-9-20(27)18-19/h5-9,12-13,18,21-22H,2-4,10-11,14-17H2,1H3,(H,28,31). The Labute approximate surface area is 195 Å². The average molecular weight is 454 g/mol. The number of hydrogen-bond acceptors (Lipinski definition) is 3. The molecule has 0 atom stereocenters. The van der Waals surface area contributed by atoms with Gasteiger partial charge in [-0.2, -0.15) is 0 Å². The molecule has 0 spiro atoms. The molecule has 1 N–H and O–H groups in total. The van der Waals surface area contributed by atoms with Gasteiger partial charge in [0.15, 0.2) is 0 Å². The summed E-state index contributed by atoms with van der Waals surface area (Å²) in [6.45, 7) is 1.61.